The molecule has 0 bridgehead atoms. The third kappa shape index (κ3) is 4.31. The summed E-state index contributed by atoms with van der Waals surface area (Å²) in [5.41, 5.74) is 7.86. The zero-order valence-electron chi connectivity index (χ0n) is 14.2. The van der Waals surface area contributed by atoms with Gasteiger partial charge in [-0.3, -0.25) is 4.90 Å². The molecule has 1 aromatic carbocycles. The maximum atomic E-state index is 6.05. The third-order valence-corrected chi connectivity index (χ3v) is 5.32. The Morgan fingerprint density at radius 3 is 2.38 bits per heavy atom. The molecule has 118 valence electrons. The molecule has 1 fully saturated rings. The summed E-state index contributed by atoms with van der Waals surface area (Å²) in [7, 11) is 2.27. The Balaban J connectivity index is 2.06. The van der Waals surface area contributed by atoms with E-state index >= 15 is 0 Å². The van der Waals surface area contributed by atoms with Gasteiger partial charge in [-0.2, -0.15) is 0 Å². The first-order valence-corrected chi connectivity index (χ1v) is 8.36. The van der Waals surface area contributed by atoms with Gasteiger partial charge in [0.15, 0.2) is 0 Å². The predicted molar refractivity (Wildman–Crippen MR) is 91.0 cm³/mol. The van der Waals surface area contributed by atoms with Gasteiger partial charge < -0.3 is 5.73 Å². The van der Waals surface area contributed by atoms with Crippen LogP contribution in [-0.4, -0.2) is 24.5 Å². The quantitative estimate of drug-likeness (QED) is 0.910. The van der Waals surface area contributed by atoms with Gasteiger partial charge in [0.2, 0.25) is 0 Å². The van der Waals surface area contributed by atoms with Crippen molar-refractivity contribution in [3.05, 3.63) is 35.9 Å². The lowest BCUT2D eigenvalue weighted by Crippen LogP contribution is -2.46. The molecular formula is C19H32N2. The number of benzene rings is 1. The van der Waals surface area contributed by atoms with Gasteiger partial charge in [-0.15, -0.1) is 0 Å². The SMILES string of the molecule is CN(Cc1ccccc1)C1CC(C(C)(C)C)CCC1CN. The molecule has 21 heavy (non-hydrogen) atoms. The topological polar surface area (TPSA) is 29.3 Å². The Hall–Kier alpha value is -0.860. The fourth-order valence-electron chi connectivity index (χ4n) is 3.80. The number of hydrogen-bond donors (Lipinski definition) is 1. The summed E-state index contributed by atoms with van der Waals surface area (Å²) in [6.45, 7) is 9.00. The number of nitrogens with zero attached hydrogens (tertiary/aromatic N) is 1. The first kappa shape index (κ1) is 16.5. The Morgan fingerprint density at radius 1 is 1.14 bits per heavy atom. The summed E-state index contributed by atoms with van der Waals surface area (Å²) in [5.74, 6) is 1.46. The van der Waals surface area contributed by atoms with Crippen LogP contribution in [0.15, 0.2) is 30.3 Å². The molecule has 3 unspecified atom stereocenters. The highest BCUT2D eigenvalue weighted by molar-refractivity contribution is 5.14. The fourth-order valence-corrected chi connectivity index (χ4v) is 3.80. The average molecular weight is 288 g/mol. The number of rotatable bonds is 4. The van der Waals surface area contributed by atoms with Crippen molar-refractivity contribution in [1.82, 2.24) is 4.90 Å². The van der Waals surface area contributed by atoms with Gasteiger partial charge in [0.1, 0.15) is 0 Å². The van der Waals surface area contributed by atoms with Gasteiger partial charge in [-0.25, -0.2) is 0 Å². The molecule has 0 aliphatic heterocycles. The molecule has 1 aromatic rings. The van der Waals surface area contributed by atoms with Crippen molar-refractivity contribution in [2.24, 2.45) is 23.0 Å². The second kappa shape index (κ2) is 6.93. The van der Waals surface area contributed by atoms with Gasteiger partial charge in [-0.05, 0) is 55.7 Å². The minimum atomic E-state index is 0.408. The van der Waals surface area contributed by atoms with E-state index < -0.39 is 0 Å². The first-order chi connectivity index (χ1) is 9.91. The summed E-state index contributed by atoms with van der Waals surface area (Å²) < 4.78 is 0. The predicted octanol–water partition coefficient (Wildman–Crippen LogP) is 3.91. The van der Waals surface area contributed by atoms with Crippen molar-refractivity contribution in [3.63, 3.8) is 0 Å². The standard InChI is InChI=1S/C19H32N2/c1-19(2,3)17-11-10-16(13-20)18(12-17)21(4)14-15-8-6-5-7-9-15/h5-9,16-18H,10-14,20H2,1-4H3. The van der Waals surface area contributed by atoms with Crippen LogP contribution in [0.5, 0.6) is 0 Å². The summed E-state index contributed by atoms with van der Waals surface area (Å²) in [6, 6.07) is 11.4. The van der Waals surface area contributed by atoms with Crippen LogP contribution >= 0.6 is 0 Å². The van der Waals surface area contributed by atoms with Crippen LogP contribution < -0.4 is 5.73 Å². The number of hydrogen-bond acceptors (Lipinski definition) is 2. The van der Waals surface area contributed by atoms with E-state index in [1.54, 1.807) is 0 Å². The zero-order valence-corrected chi connectivity index (χ0v) is 14.2. The van der Waals surface area contributed by atoms with E-state index in [0.717, 1.165) is 19.0 Å². The molecular weight excluding hydrogens is 256 g/mol. The smallest absolute Gasteiger partial charge is 0.0233 e. The number of nitrogens with two attached hydrogens (primary N) is 1. The molecule has 0 aromatic heterocycles. The van der Waals surface area contributed by atoms with Gasteiger partial charge in [0.05, 0.1) is 0 Å². The van der Waals surface area contributed by atoms with Gasteiger partial charge >= 0.3 is 0 Å². The van der Waals surface area contributed by atoms with Crippen LogP contribution in [0, 0.1) is 17.3 Å². The molecule has 1 aliphatic carbocycles. The van der Waals surface area contributed by atoms with Crippen LogP contribution in [0.3, 0.4) is 0 Å². The van der Waals surface area contributed by atoms with Crippen molar-refractivity contribution in [3.8, 4) is 0 Å². The Kier molecular flexibility index (Phi) is 5.45. The van der Waals surface area contributed by atoms with E-state index in [4.69, 9.17) is 5.73 Å². The molecule has 2 heteroatoms. The molecule has 2 nitrogen and oxygen atoms in total. The normalized spacial score (nSPS) is 27.0. The van der Waals surface area contributed by atoms with Crippen LogP contribution in [0.1, 0.15) is 45.6 Å². The Morgan fingerprint density at radius 2 is 1.81 bits per heavy atom. The van der Waals surface area contributed by atoms with Crippen molar-refractivity contribution >= 4 is 0 Å². The maximum absolute atomic E-state index is 6.05. The van der Waals surface area contributed by atoms with E-state index in [-0.39, 0.29) is 0 Å². The summed E-state index contributed by atoms with van der Waals surface area (Å²) >= 11 is 0. The lowest BCUT2D eigenvalue weighted by Gasteiger charge is -2.45. The van der Waals surface area contributed by atoms with E-state index in [0.29, 0.717) is 17.4 Å². The molecule has 1 aliphatic rings. The van der Waals surface area contributed by atoms with Gasteiger partial charge in [-0.1, -0.05) is 51.1 Å². The van der Waals surface area contributed by atoms with Crippen LogP contribution in [0.4, 0.5) is 0 Å². The molecule has 0 saturated heterocycles. The van der Waals surface area contributed by atoms with E-state index in [1.807, 2.05) is 0 Å². The molecule has 2 rings (SSSR count). The molecule has 1 saturated carbocycles. The lowest BCUT2D eigenvalue weighted by molar-refractivity contribution is 0.0555. The molecule has 0 radical (unpaired) electrons. The summed E-state index contributed by atoms with van der Waals surface area (Å²) in [5, 5.41) is 0. The van der Waals surface area contributed by atoms with Crippen LogP contribution in [-0.2, 0) is 6.54 Å². The van der Waals surface area contributed by atoms with Gasteiger partial charge in [0, 0.05) is 12.6 Å². The van der Waals surface area contributed by atoms with E-state index in [2.05, 4.69) is 63.1 Å². The monoisotopic (exact) mass is 288 g/mol. The summed E-state index contributed by atoms with van der Waals surface area (Å²) in [4.78, 5) is 2.53. The lowest BCUT2D eigenvalue weighted by atomic mass is 9.67. The van der Waals surface area contributed by atoms with Crippen molar-refractivity contribution < 1.29 is 0 Å². The second-order valence-corrected chi connectivity index (χ2v) is 7.84. The fraction of sp³-hybridized carbons (Fsp3) is 0.684. The van der Waals surface area contributed by atoms with Crippen LogP contribution in [0.25, 0.3) is 0 Å². The highest BCUT2D eigenvalue weighted by atomic mass is 15.1. The second-order valence-electron chi connectivity index (χ2n) is 7.84. The largest absolute Gasteiger partial charge is 0.330 e. The van der Waals surface area contributed by atoms with Gasteiger partial charge in [0.25, 0.3) is 0 Å². The highest BCUT2D eigenvalue weighted by Gasteiger charge is 2.36. The highest BCUT2D eigenvalue weighted by Crippen LogP contribution is 2.41. The third-order valence-electron chi connectivity index (χ3n) is 5.32. The molecule has 2 N–H and O–H groups in total. The Labute approximate surface area is 130 Å². The molecule has 0 spiro atoms. The van der Waals surface area contributed by atoms with E-state index in [1.165, 1.54) is 24.8 Å². The molecule has 3 atom stereocenters. The minimum Gasteiger partial charge on any atom is -0.330 e. The van der Waals surface area contributed by atoms with E-state index in [9.17, 15) is 0 Å². The van der Waals surface area contributed by atoms with Crippen LogP contribution in [0.2, 0.25) is 0 Å². The summed E-state index contributed by atoms with van der Waals surface area (Å²) in [6.07, 6.45) is 3.90. The van der Waals surface area contributed by atoms with Crippen molar-refractivity contribution in [2.45, 2.75) is 52.6 Å². The van der Waals surface area contributed by atoms with Crippen molar-refractivity contribution in [1.29, 1.82) is 0 Å². The maximum Gasteiger partial charge on any atom is 0.0233 e. The molecule has 0 heterocycles. The average Bonchev–Trinajstić information content (AvgIpc) is 2.46. The zero-order chi connectivity index (χ0) is 15.5. The minimum absolute atomic E-state index is 0.408. The Bertz CT molecular complexity index is 421. The first-order valence-electron chi connectivity index (χ1n) is 8.36. The van der Waals surface area contributed by atoms with Crippen molar-refractivity contribution in [2.75, 3.05) is 13.6 Å². The molecule has 0 amide bonds.